The summed E-state index contributed by atoms with van der Waals surface area (Å²) >= 11 is 0. The van der Waals surface area contributed by atoms with Gasteiger partial charge in [0, 0.05) is 18.7 Å². The third-order valence-electron chi connectivity index (χ3n) is 4.37. The van der Waals surface area contributed by atoms with E-state index >= 15 is 0 Å². The molecule has 2 heterocycles. The van der Waals surface area contributed by atoms with Gasteiger partial charge in [0.25, 0.3) is 10.0 Å². The number of benzene rings is 1. The van der Waals surface area contributed by atoms with Gasteiger partial charge in [0.05, 0.1) is 10.5 Å². The highest BCUT2D eigenvalue weighted by Gasteiger charge is 2.39. The topological polar surface area (TPSA) is 83.9 Å². The number of sulfone groups is 1. The molecule has 2 aliphatic heterocycles. The molecule has 1 saturated heterocycles. The van der Waals surface area contributed by atoms with Crippen molar-refractivity contribution in [1.82, 2.24) is 4.90 Å². The molecule has 1 aromatic rings. The molecule has 2 aliphatic rings. The first-order chi connectivity index (χ1) is 10.1. The lowest BCUT2D eigenvalue weighted by Gasteiger charge is -2.23. The van der Waals surface area contributed by atoms with Crippen molar-refractivity contribution in [3.63, 3.8) is 0 Å². The molecule has 0 aliphatic carbocycles. The van der Waals surface area contributed by atoms with Gasteiger partial charge in [0.15, 0.2) is 15.7 Å². The molecule has 0 amide bonds. The highest BCUT2D eigenvalue weighted by Crippen LogP contribution is 2.30. The van der Waals surface area contributed by atoms with Gasteiger partial charge in [-0.3, -0.25) is 0 Å². The maximum atomic E-state index is 12.3. The number of rotatable bonds is 0. The fraction of sp³-hybridized carbons (Fsp3) is 0.500. The van der Waals surface area contributed by atoms with Crippen molar-refractivity contribution in [1.29, 1.82) is 0 Å². The molecule has 0 atom stereocenters. The summed E-state index contributed by atoms with van der Waals surface area (Å²) in [6, 6.07) is 6.65. The number of amidine groups is 1. The lowest BCUT2D eigenvalue weighted by Crippen LogP contribution is -2.33. The average molecular weight is 342 g/mol. The predicted molar refractivity (Wildman–Crippen MR) is 84.2 cm³/mol. The maximum Gasteiger partial charge on any atom is 0.285 e. The van der Waals surface area contributed by atoms with E-state index in [2.05, 4.69) is 4.40 Å². The second kappa shape index (κ2) is 4.79. The van der Waals surface area contributed by atoms with Gasteiger partial charge in [-0.25, -0.2) is 8.42 Å². The predicted octanol–water partition coefficient (Wildman–Crippen LogP) is 1.03. The number of sulfonamides is 1. The molecule has 120 valence electrons. The zero-order chi connectivity index (χ0) is 16.2. The van der Waals surface area contributed by atoms with E-state index in [0.717, 1.165) is 0 Å². The third-order valence-corrected chi connectivity index (χ3v) is 8.30. The summed E-state index contributed by atoms with van der Waals surface area (Å²) in [6.45, 7) is 4.16. The Morgan fingerprint density at radius 3 is 2.50 bits per heavy atom. The molecule has 3 rings (SSSR count). The SMILES string of the molecule is CC1(C)CCN(C2=NS(=O)(=O)c3ccccc32)CCS1(=O)=O. The first-order valence-electron chi connectivity index (χ1n) is 7.06. The van der Waals surface area contributed by atoms with Crippen molar-refractivity contribution < 1.29 is 16.8 Å². The van der Waals surface area contributed by atoms with Crippen LogP contribution in [0.1, 0.15) is 25.8 Å². The molecule has 0 spiro atoms. The zero-order valence-corrected chi connectivity index (χ0v) is 14.1. The van der Waals surface area contributed by atoms with Crippen LogP contribution in [0.25, 0.3) is 0 Å². The Balaban J connectivity index is 2.01. The standard InChI is InChI=1S/C14H18N2O4S2/c1-14(2)7-8-16(9-10-21(14,17)18)13-11-5-3-4-6-12(11)22(19,20)15-13/h3-6H,7-10H2,1-2H3. The summed E-state index contributed by atoms with van der Waals surface area (Å²) in [5.74, 6) is 0.366. The van der Waals surface area contributed by atoms with Gasteiger partial charge in [-0.15, -0.1) is 4.40 Å². The van der Waals surface area contributed by atoms with Crippen LogP contribution in [0.5, 0.6) is 0 Å². The molecule has 0 unspecified atom stereocenters. The minimum atomic E-state index is -3.68. The quantitative estimate of drug-likeness (QED) is 0.703. The summed E-state index contributed by atoms with van der Waals surface area (Å²) in [6.07, 6.45) is 0.441. The minimum Gasteiger partial charge on any atom is -0.354 e. The molecule has 1 aromatic carbocycles. The van der Waals surface area contributed by atoms with Crippen LogP contribution in [-0.4, -0.2) is 51.2 Å². The summed E-state index contributed by atoms with van der Waals surface area (Å²) in [5.41, 5.74) is 0.555. The van der Waals surface area contributed by atoms with E-state index < -0.39 is 24.6 Å². The summed E-state index contributed by atoms with van der Waals surface area (Å²) in [5, 5.41) is 0. The van der Waals surface area contributed by atoms with Crippen LogP contribution in [-0.2, 0) is 19.9 Å². The van der Waals surface area contributed by atoms with Gasteiger partial charge in [0.2, 0.25) is 0 Å². The van der Waals surface area contributed by atoms with Crippen LogP contribution in [0.15, 0.2) is 33.6 Å². The van der Waals surface area contributed by atoms with Gasteiger partial charge in [-0.05, 0) is 32.4 Å². The lowest BCUT2D eigenvalue weighted by atomic mass is 10.1. The van der Waals surface area contributed by atoms with Gasteiger partial charge >= 0.3 is 0 Å². The Kier molecular flexibility index (Phi) is 3.37. The third kappa shape index (κ3) is 2.34. The van der Waals surface area contributed by atoms with Gasteiger partial charge in [0.1, 0.15) is 4.90 Å². The Labute approximate surface area is 130 Å². The molecule has 0 bridgehead atoms. The second-order valence-electron chi connectivity index (χ2n) is 6.20. The minimum absolute atomic E-state index is 0.00122. The van der Waals surface area contributed by atoms with E-state index in [9.17, 15) is 16.8 Å². The Morgan fingerprint density at radius 1 is 1.09 bits per heavy atom. The fourth-order valence-corrected chi connectivity index (χ4v) is 5.35. The van der Waals surface area contributed by atoms with Crippen molar-refractivity contribution in [2.75, 3.05) is 18.8 Å². The van der Waals surface area contributed by atoms with Crippen LogP contribution in [0, 0.1) is 0 Å². The molecule has 0 N–H and O–H groups in total. The summed E-state index contributed by atoms with van der Waals surface area (Å²) in [7, 11) is -6.89. The molecular formula is C14H18N2O4S2. The van der Waals surface area contributed by atoms with E-state index in [1.54, 1.807) is 36.9 Å². The molecular weight excluding hydrogens is 324 g/mol. The van der Waals surface area contributed by atoms with E-state index in [1.807, 2.05) is 0 Å². The van der Waals surface area contributed by atoms with E-state index in [4.69, 9.17) is 0 Å². The number of fused-ring (bicyclic) bond motifs is 1. The highest BCUT2D eigenvalue weighted by molar-refractivity contribution is 7.92. The van der Waals surface area contributed by atoms with Gasteiger partial charge < -0.3 is 4.90 Å². The van der Waals surface area contributed by atoms with Crippen molar-refractivity contribution >= 4 is 25.7 Å². The zero-order valence-electron chi connectivity index (χ0n) is 12.5. The summed E-state index contributed by atoms with van der Waals surface area (Å²) in [4.78, 5) is 1.96. The van der Waals surface area contributed by atoms with Crippen molar-refractivity contribution in [3.05, 3.63) is 29.8 Å². The van der Waals surface area contributed by atoms with Crippen molar-refractivity contribution in [3.8, 4) is 0 Å². The monoisotopic (exact) mass is 342 g/mol. The number of hydrogen-bond acceptors (Lipinski definition) is 5. The molecule has 6 nitrogen and oxygen atoms in total. The Morgan fingerprint density at radius 2 is 1.77 bits per heavy atom. The van der Waals surface area contributed by atoms with E-state index in [-0.39, 0.29) is 17.2 Å². The summed E-state index contributed by atoms with van der Waals surface area (Å²) < 4.78 is 51.8. The second-order valence-corrected chi connectivity index (χ2v) is 10.5. The molecule has 0 radical (unpaired) electrons. The molecule has 0 aromatic heterocycles. The van der Waals surface area contributed by atoms with Gasteiger partial charge in [-0.2, -0.15) is 8.42 Å². The van der Waals surface area contributed by atoms with Crippen molar-refractivity contribution in [2.24, 2.45) is 4.40 Å². The maximum absolute atomic E-state index is 12.3. The van der Waals surface area contributed by atoms with E-state index in [1.165, 1.54) is 6.07 Å². The van der Waals surface area contributed by atoms with Gasteiger partial charge in [-0.1, -0.05) is 12.1 Å². The fourth-order valence-electron chi connectivity index (χ4n) is 2.71. The van der Waals surface area contributed by atoms with E-state index in [0.29, 0.717) is 24.4 Å². The number of nitrogens with zero attached hydrogens (tertiary/aromatic N) is 2. The first kappa shape index (κ1) is 15.5. The molecule has 22 heavy (non-hydrogen) atoms. The average Bonchev–Trinajstić information content (AvgIpc) is 2.65. The van der Waals surface area contributed by atoms with Crippen LogP contribution >= 0.6 is 0 Å². The highest BCUT2D eigenvalue weighted by atomic mass is 32.2. The largest absolute Gasteiger partial charge is 0.354 e. The van der Waals surface area contributed by atoms with Crippen LogP contribution in [0.2, 0.25) is 0 Å². The van der Waals surface area contributed by atoms with Crippen LogP contribution in [0.3, 0.4) is 0 Å². The van der Waals surface area contributed by atoms with Crippen molar-refractivity contribution in [2.45, 2.75) is 29.9 Å². The Bertz CT molecular complexity index is 855. The molecule has 0 saturated carbocycles. The van der Waals surface area contributed by atoms with Crippen LogP contribution < -0.4 is 0 Å². The first-order valence-corrected chi connectivity index (χ1v) is 10.1. The Hall–Kier alpha value is -1.41. The molecule has 8 heteroatoms. The lowest BCUT2D eigenvalue weighted by molar-refractivity contribution is 0.422. The van der Waals surface area contributed by atoms with Crippen LogP contribution in [0.4, 0.5) is 0 Å². The normalized spacial score (nSPS) is 25.2. The molecule has 1 fully saturated rings. The number of hydrogen-bond donors (Lipinski definition) is 0. The smallest absolute Gasteiger partial charge is 0.285 e.